The lowest BCUT2D eigenvalue weighted by atomic mass is 9.77. The molecule has 0 saturated heterocycles. The van der Waals surface area contributed by atoms with E-state index in [1.165, 1.54) is 11.0 Å². The van der Waals surface area contributed by atoms with Gasteiger partial charge in [0.1, 0.15) is 17.2 Å². The van der Waals surface area contributed by atoms with Gasteiger partial charge in [-0.05, 0) is 73.6 Å². The molecular formula is C23H24FN3O2. The number of aliphatic imine (C=N–C) groups is 1. The van der Waals surface area contributed by atoms with Crippen molar-refractivity contribution in [1.82, 2.24) is 4.90 Å². The van der Waals surface area contributed by atoms with Gasteiger partial charge in [0.2, 0.25) is 0 Å². The molecule has 2 aromatic carbocycles. The first kappa shape index (κ1) is 18.2. The molecule has 1 fully saturated rings. The zero-order chi connectivity index (χ0) is 20.6. The second kappa shape index (κ2) is 5.81. The minimum atomic E-state index is -1.11. The van der Waals surface area contributed by atoms with Crippen LogP contribution in [0.1, 0.15) is 50.2 Å². The number of fused-ring (bicyclic) bond motifs is 2. The molecule has 2 heterocycles. The van der Waals surface area contributed by atoms with Gasteiger partial charge < -0.3 is 10.5 Å². The molecule has 1 saturated carbocycles. The van der Waals surface area contributed by atoms with Crippen LogP contribution in [-0.4, -0.2) is 29.4 Å². The van der Waals surface area contributed by atoms with Gasteiger partial charge in [0.25, 0.3) is 5.91 Å². The van der Waals surface area contributed by atoms with E-state index >= 15 is 0 Å². The topological polar surface area (TPSA) is 67.9 Å². The van der Waals surface area contributed by atoms with Crippen molar-refractivity contribution in [2.75, 3.05) is 7.05 Å². The van der Waals surface area contributed by atoms with Gasteiger partial charge in [-0.25, -0.2) is 9.38 Å². The summed E-state index contributed by atoms with van der Waals surface area (Å²) in [5.74, 6) is 0.859. The van der Waals surface area contributed by atoms with Gasteiger partial charge in [0, 0.05) is 19.0 Å². The number of hydrogen-bond donors (Lipinski definition) is 1. The first-order chi connectivity index (χ1) is 13.7. The van der Waals surface area contributed by atoms with E-state index in [-0.39, 0.29) is 17.7 Å². The maximum atomic E-state index is 14.3. The third-order valence-corrected chi connectivity index (χ3v) is 6.10. The quantitative estimate of drug-likeness (QED) is 0.841. The van der Waals surface area contributed by atoms with Crippen LogP contribution in [0.3, 0.4) is 0 Å². The predicted molar refractivity (Wildman–Crippen MR) is 109 cm³/mol. The number of nitrogens with two attached hydrogens (primary N) is 1. The van der Waals surface area contributed by atoms with Crippen LogP contribution < -0.4 is 10.5 Å². The Hall–Kier alpha value is -2.89. The van der Waals surface area contributed by atoms with Crippen LogP contribution in [0.4, 0.5) is 4.39 Å². The van der Waals surface area contributed by atoms with Crippen LogP contribution in [-0.2, 0) is 10.3 Å². The molecule has 5 nitrogen and oxygen atoms in total. The summed E-state index contributed by atoms with van der Waals surface area (Å²) in [6.45, 7) is 3.88. The standard InChI is InChI=1S/C23H24FN3O2/c1-22(2)12-23(20(28)27(3)21(25)26-23)18-11-14(6-7-19(18)29-22)16-8-15(13-4-5-13)9-17(24)10-16/h6-11,13H,4-5,12H2,1-3H3,(H2,25,26). The van der Waals surface area contributed by atoms with Crippen molar-refractivity contribution in [3.8, 4) is 16.9 Å². The number of nitrogens with zero attached hydrogens (tertiary/aromatic N) is 2. The van der Waals surface area contributed by atoms with Crippen LogP contribution in [0.5, 0.6) is 5.75 Å². The Bertz CT molecular complexity index is 1070. The number of ether oxygens (including phenoxy) is 1. The Kier molecular flexibility index (Phi) is 3.64. The van der Waals surface area contributed by atoms with Crippen molar-refractivity contribution < 1.29 is 13.9 Å². The summed E-state index contributed by atoms with van der Waals surface area (Å²) in [6.07, 6.45) is 2.60. The molecule has 1 amide bonds. The lowest BCUT2D eigenvalue weighted by Crippen LogP contribution is -2.49. The van der Waals surface area contributed by atoms with Gasteiger partial charge in [0.05, 0.1) is 0 Å². The number of carbonyl (C=O) groups excluding carboxylic acids is 1. The second-order valence-electron chi connectivity index (χ2n) is 8.99. The summed E-state index contributed by atoms with van der Waals surface area (Å²) in [4.78, 5) is 19.2. The third-order valence-electron chi connectivity index (χ3n) is 6.10. The molecule has 1 atom stereocenters. The molecule has 29 heavy (non-hydrogen) atoms. The highest BCUT2D eigenvalue weighted by molar-refractivity contribution is 6.07. The van der Waals surface area contributed by atoms with Crippen LogP contribution in [0.15, 0.2) is 41.4 Å². The Morgan fingerprint density at radius 2 is 1.93 bits per heavy atom. The van der Waals surface area contributed by atoms with E-state index in [0.29, 0.717) is 23.7 Å². The summed E-state index contributed by atoms with van der Waals surface area (Å²) >= 11 is 0. The van der Waals surface area contributed by atoms with E-state index in [1.54, 1.807) is 13.1 Å². The molecule has 0 bridgehead atoms. The normalized spacial score (nSPS) is 25.0. The smallest absolute Gasteiger partial charge is 0.261 e. The number of guanidine groups is 1. The highest BCUT2D eigenvalue weighted by Crippen LogP contribution is 2.50. The number of hydrogen-bond acceptors (Lipinski definition) is 4. The average Bonchev–Trinajstić information content (AvgIpc) is 3.47. The van der Waals surface area contributed by atoms with Crippen LogP contribution in [0.25, 0.3) is 11.1 Å². The number of halogens is 1. The van der Waals surface area contributed by atoms with E-state index in [0.717, 1.165) is 29.5 Å². The number of amides is 1. The van der Waals surface area contributed by atoms with Crippen LogP contribution in [0, 0.1) is 5.82 Å². The number of likely N-dealkylation sites (N-methyl/N-ethyl adjacent to an activating group) is 1. The fourth-order valence-electron chi connectivity index (χ4n) is 4.59. The molecule has 2 aromatic rings. The fraction of sp³-hybridized carbons (Fsp3) is 0.391. The molecule has 2 aliphatic heterocycles. The van der Waals surface area contributed by atoms with Crippen molar-refractivity contribution in [3.63, 3.8) is 0 Å². The van der Waals surface area contributed by atoms with Crippen molar-refractivity contribution in [3.05, 3.63) is 53.3 Å². The molecule has 1 aliphatic carbocycles. The highest BCUT2D eigenvalue weighted by atomic mass is 19.1. The molecule has 6 heteroatoms. The Balaban J connectivity index is 1.68. The number of rotatable bonds is 2. The predicted octanol–water partition coefficient (Wildman–Crippen LogP) is 3.91. The minimum Gasteiger partial charge on any atom is -0.487 e. The SMILES string of the molecule is CN1C(=O)C2(CC(C)(C)Oc3ccc(-c4cc(F)cc(C5CC5)c4)cc32)N=C1N. The van der Waals surface area contributed by atoms with Gasteiger partial charge in [-0.15, -0.1) is 0 Å². The Morgan fingerprint density at radius 1 is 1.17 bits per heavy atom. The molecule has 150 valence electrons. The van der Waals surface area contributed by atoms with Gasteiger partial charge in [0.15, 0.2) is 11.5 Å². The number of carbonyl (C=O) groups is 1. The first-order valence-electron chi connectivity index (χ1n) is 9.96. The van der Waals surface area contributed by atoms with Gasteiger partial charge in [-0.1, -0.05) is 12.1 Å². The zero-order valence-electron chi connectivity index (χ0n) is 16.8. The molecule has 5 rings (SSSR count). The molecule has 0 radical (unpaired) electrons. The Labute approximate surface area is 169 Å². The van der Waals surface area contributed by atoms with Gasteiger partial charge in [-0.3, -0.25) is 9.69 Å². The van der Waals surface area contributed by atoms with E-state index in [2.05, 4.69) is 4.99 Å². The van der Waals surface area contributed by atoms with E-state index in [9.17, 15) is 9.18 Å². The third kappa shape index (κ3) is 2.81. The molecular weight excluding hydrogens is 369 g/mol. The average molecular weight is 393 g/mol. The van der Waals surface area contributed by atoms with Crippen LogP contribution in [0.2, 0.25) is 0 Å². The van der Waals surface area contributed by atoms with Crippen molar-refractivity contribution in [1.29, 1.82) is 0 Å². The molecule has 2 N–H and O–H groups in total. The monoisotopic (exact) mass is 393 g/mol. The van der Waals surface area contributed by atoms with Crippen LogP contribution >= 0.6 is 0 Å². The summed E-state index contributed by atoms with van der Waals surface area (Å²) in [5, 5.41) is 0. The van der Waals surface area contributed by atoms with E-state index in [1.807, 2.05) is 38.1 Å². The Morgan fingerprint density at radius 3 is 2.59 bits per heavy atom. The largest absolute Gasteiger partial charge is 0.487 e. The number of benzene rings is 2. The first-order valence-corrected chi connectivity index (χ1v) is 9.96. The molecule has 0 aromatic heterocycles. The maximum Gasteiger partial charge on any atom is 0.261 e. The fourth-order valence-corrected chi connectivity index (χ4v) is 4.59. The van der Waals surface area contributed by atoms with E-state index < -0.39 is 11.1 Å². The lowest BCUT2D eigenvalue weighted by Gasteiger charge is -2.41. The zero-order valence-corrected chi connectivity index (χ0v) is 16.8. The molecule has 1 spiro atoms. The van der Waals surface area contributed by atoms with Crippen molar-refractivity contribution in [2.45, 2.75) is 50.2 Å². The second-order valence-corrected chi connectivity index (χ2v) is 8.99. The minimum absolute atomic E-state index is 0.164. The van der Waals surface area contributed by atoms with E-state index in [4.69, 9.17) is 10.5 Å². The highest BCUT2D eigenvalue weighted by Gasteiger charge is 2.55. The lowest BCUT2D eigenvalue weighted by molar-refractivity contribution is -0.133. The summed E-state index contributed by atoms with van der Waals surface area (Å²) in [7, 11) is 1.64. The van der Waals surface area contributed by atoms with Gasteiger partial charge in [-0.2, -0.15) is 0 Å². The summed E-state index contributed by atoms with van der Waals surface area (Å²) in [5.41, 5.74) is 7.68. The molecule has 1 unspecified atom stereocenters. The summed E-state index contributed by atoms with van der Waals surface area (Å²) < 4.78 is 20.4. The summed E-state index contributed by atoms with van der Waals surface area (Å²) in [6, 6.07) is 10.9. The van der Waals surface area contributed by atoms with Gasteiger partial charge >= 0.3 is 0 Å². The molecule has 3 aliphatic rings. The van der Waals surface area contributed by atoms with Crippen molar-refractivity contribution >= 4 is 11.9 Å². The maximum absolute atomic E-state index is 14.3. The van der Waals surface area contributed by atoms with Crippen molar-refractivity contribution in [2.24, 2.45) is 10.7 Å².